The van der Waals surface area contributed by atoms with Gasteiger partial charge in [0.15, 0.2) is 18.3 Å². The normalized spacial score (nSPS) is 21.3. The maximum absolute atomic E-state index is 11.7. The third-order valence-electron chi connectivity index (χ3n) is 3.41. The lowest BCUT2D eigenvalue weighted by Crippen LogP contribution is -2.55. The van der Waals surface area contributed by atoms with Crippen LogP contribution >= 0.6 is 0 Å². The molecule has 0 saturated heterocycles. The average molecular weight is 373 g/mol. The lowest BCUT2D eigenvalue weighted by molar-refractivity contribution is -0.186. The highest BCUT2D eigenvalue weighted by molar-refractivity contribution is 5.86. The van der Waals surface area contributed by atoms with Gasteiger partial charge >= 0.3 is 23.9 Å². The SMILES string of the molecule is COC(=O)C1=CCC(N)C(C(OC(C)=O)C(COC(C)=O)OC(C)=O)O1. The van der Waals surface area contributed by atoms with Gasteiger partial charge in [0.1, 0.15) is 6.61 Å². The first-order valence-electron chi connectivity index (χ1n) is 7.84. The van der Waals surface area contributed by atoms with E-state index in [1.165, 1.54) is 20.1 Å². The molecule has 1 heterocycles. The first kappa shape index (κ1) is 21.4. The summed E-state index contributed by atoms with van der Waals surface area (Å²) in [5.41, 5.74) is 6.02. The Morgan fingerprint density at radius 2 is 1.77 bits per heavy atom. The minimum atomic E-state index is -1.21. The number of methoxy groups -OCH3 is 1. The Morgan fingerprint density at radius 1 is 1.15 bits per heavy atom. The number of carbonyl (C=O) groups is 4. The monoisotopic (exact) mass is 373 g/mol. The highest BCUT2D eigenvalue weighted by atomic mass is 16.6. The van der Waals surface area contributed by atoms with Crippen LogP contribution in [0.15, 0.2) is 11.8 Å². The summed E-state index contributed by atoms with van der Waals surface area (Å²) in [7, 11) is 1.18. The van der Waals surface area contributed by atoms with Crippen molar-refractivity contribution in [3.8, 4) is 0 Å². The van der Waals surface area contributed by atoms with Gasteiger partial charge in [0.2, 0.25) is 5.76 Å². The van der Waals surface area contributed by atoms with E-state index >= 15 is 0 Å². The van der Waals surface area contributed by atoms with Crippen LogP contribution in [0.25, 0.3) is 0 Å². The van der Waals surface area contributed by atoms with E-state index in [0.29, 0.717) is 0 Å². The summed E-state index contributed by atoms with van der Waals surface area (Å²) in [4.78, 5) is 45.8. The van der Waals surface area contributed by atoms with Crippen LogP contribution in [-0.2, 0) is 42.9 Å². The van der Waals surface area contributed by atoms with Gasteiger partial charge in [0, 0.05) is 26.8 Å². The molecule has 0 spiro atoms. The number of hydrogen-bond acceptors (Lipinski definition) is 10. The molecule has 1 rings (SSSR count). The summed E-state index contributed by atoms with van der Waals surface area (Å²) in [6.07, 6.45) is -1.73. The van der Waals surface area contributed by atoms with Gasteiger partial charge in [-0.3, -0.25) is 14.4 Å². The number of rotatable bonds is 7. The Hall–Kier alpha value is -2.62. The highest BCUT2D eigenvalue weighted by Gasteiger charge is 2.42. The molecule has 10 nitrogen and oxygen atoms in total. The van der Waals surface area contributed by atoms with Crippen molar-refractivity contribution < 1.29 is 42.9 Å². The minimum Gasteiger partial charge on any atom is -0.478 e. The first-order chi connectivity index (χ1) is 12.1. The zero-order valence-electron chi connectivity index (χ0n) is 15.1. The fourth-order valence-electron chi connectivity index (χ4n) is 2.36. The standard InChI is InChI=1S/C16H23NO9/c1-8(18)23-7-13(24-9(2)19)15(25-10(3)20)14-11(17)5-6-12(26-14)16(21)22-4/h6,11,13-15H,5,7,17H2,1-4H3. The molecule has 0 bridgehead atoms. The molecule has 26 heavy (non-hydrogen) atoms. The number of esters is 4. The summed E-state index contributed by atoms with van der Waals surface area (Å²) in [6.45, 7) is 3.09. The quantitative estimate of drug-likeness (QED) is 0.462. The molecular weight excluding hydrogens is 350 g/mol. The van der Waals surface area contributed by atoms with Gasteiger partial charge in [-0.1, -0.05) is 0 Å². The van der Waals surface area contributed by atoms with Crippen LogP contribution in [0.5, 0.6) is 0 Å². The van der Waals surface area contributed by atoms with Crippen molar-refractivity contribution in [2.75, 3.05) is 13.7 Å². The number of nitrogens with two attached hydrogens (primary N) is 1. The smallest absolute Gasteiger partial charge is 0.372 e. The van der Waals surface area contributed by atoms with Crippen LogP contribution in [0, 0.1) is 0 Å². The van der Waals surface area contributed by atoms with Gasteiger partial charge in [-0.25, -0.2) is 4.79 Å². The molecule has 4 atom stereocenters. The van der Waals surface area contributed by atoms with Gasteiger partial charge in [0.25, 0.3) is 0 Å². The van der Waals surface area contributed by atoms with E-state index in [9.17, 15) is 19.2 Å². The Labute approximate surface area is 150 Å². The van der Waals surface area contributed by atoms with Crippen molar-refractivity contribution in [2.45, 2.75) is 51.5 Å². The molecule has 0 aromatic heterocycles. The Balaban J connectivity index is 3.12. The zero-order valence-corrected chi connectivity index (χ0v) is 15.1. The summed E-state index contributed by atoms with van der Waals surface area (Å²) in [6, 6.07) is -0.678. The second-order valence-corrected chi connectivity index (χ2v) is 5.57. The molecule has 0 radical (unpaired) electrons. The van der Waals surface area contributed by atoms with Gasteiger partial charge < -0.3 is 29.4 Å². The van der Waals surface area contributed by atoms with Crippen molar-refractivity contribution in [2.24, 2.45) is 5.73 Å². The third-order valence-corrected chi connectivity index (χ3v) is 3.41. The van der Waals surface area contributed by atoms with Crippen LogP contribution in [0.4, 0.5) is 0 Å². The predicted octanol–water partition coefficient (Wildman–Crippen LogP) is -0.414. The maximum Gasteiger partial charge on any atom is 0.372 e. The first-order valence-corrected chi connectivity index (χ1v) is 7.84. The van der Waals surface area contributed by atoms with E-state index < -0.39 is 48.2 Å². The van der Waals surface area contributed by atoms with Crippen LogP contribution < -0.4 is 5.73 Å². The Bertz CT molecular complexity index is 586. The Kier molecular flexibility index (Phi) is 8.04. The van der Waals surface area contributed by atoms with Crippen molar-refractivity contribution >= 4 is 23.9 Å². The van der Waals surface area contributed by atoms with E-state index in [1.807, 2.05) is 0 Å². The van der Waals surface area contributed by atoms with E-state index in [4.69, 9.17) is 24.7 Å². The van der Waals surface area contributed by atoms with Crippen LogP contribution in [0.3, 0.4) is 0 Å². The second-order valence-electron chi connectivity index (χ2n) is 5.57. The molecule has 146 valence electrons. The summed E-state index contributed by atoms with van der Waals surface area (Å²) in [5.74, 6) is -2.84. The number of ether oxygens (including phenoxy) is 5. The summed E-state index contributed by atoms with van der Waals surface area (Å²) < 4.78 is 25.4. The van der Waals surface area contributed by atoms with Crippen LogP contribution in [-0.4, -0.2) is 61.9 Å². The number of hydrogen-bond donors (Lipinski definition) is 1. The molecule has 1 aliphatic heterocycles. The van der Waals surface area contributed by atoms with Gasteiger partial charge in [-0.2, -0.15) is 0 Å². The largest absolute Gasteiger partial charge is 0.478 e. The molecule has 0 aliphatic carbocycles. The van der Waals surface area contributed by atoms with E-state index in [-0.39, 0.29) is 18.8 Å². The highest BCUT2D eigenvalue weighted by Crippen LogP contribution is 2.25. The molecule has 10 heteroatoms. The summed E-state index contributed by atoms with van der Waals surface area (Å²) >= 11 is 0. The molecule has 0 saturated carbocycles. The van der Waals surface area contributed by atoms with Crippen molar-refractivity contribution in [3.05, 3.63) is 11.8 Å². The van der Waals surface area contributed by atoms with Crippen LogP contribution in [0.2, 0.25) is 0 Å². The lowest BCUT2D eigenvalue weighted by atomic mass is 9.96. The minimum absolute atomic E-state index is 0.106. The molecule has 0 aromatic rings. The van der Waals surface area contributed by atoms with E-state index in [2.05, 4.69) is 4.74 Å². The number of carbonyl (C=O) groups excluding carboxylic acids is 4. The fraction of sp³-hybridized carbons (Fsp3) is 0.625. The molecule has 2 N–H and O–H groups in total. The van der Waals surface area contributed by atoms with Crippen molar-refractivity contribution in [3.63, 3.8) is 0 Å². The van der Waals surface area contributed by atoms with Crippen molar-refractivity contribution in [1.82, 2.24) is 0 Å². The summed E-state index contributed by atoms with van der Waals surface area (Å²) in [5, 5.41) is 0. The van der Waals surface area contributed by atoms with Gasteiger partial charge in [0.05, 0.1) is 7.11 Å². The van der Waals surface area contributed by atoms with Gasteiger partial charge in [-0.15, -0.1) is 0 Å². The average Bonchev–Trinajstić information content (AvgIpc) is 2.56. The Morgan fingerprint density at radius 3 is 2.27 bits per heavy atom. The molecular formula is C16H23NO9. The second kappa shape index (κ2) is 9.76. The third kappa shape index (κ3) is 6.36. The maximum atomic E-state index is 11.7. The van der Waals surface area contributed by atoms with Gasteiger partial charge in [-0.05, 0) is 12.5 Å². The molecule has 0 fully saturated rings. The fourth-order valence-corrected chi connectivity index (χ4v) is 2.36. The molecule has 0 aromatic carbocycles. The van der Waals surface area contributed by atoms with E-state index in [0.717, 1.165) is 13.8 Å². The molecule has 4 unspecified atom stereocenters. The predicted molar refractivity (Wildman–Crippen MR) is 85.3 cm³/mol. The van der Waals surface area contributed by atoms with Crippen LogP contribution in [0.1, 0.15) is 27.2 Å². The van der Waals surface area contributed by atoms with E-state index in [1.54, 1.807) is 0 Å². The molecule has 1 aliphatic rings. The molecule has 0 amide bonds. The topological polar surface area (TPSA) is 140 Å². The lowest BCUT2D eigenvalue weighted by Gasteiger charge is -2.37. The zero-order chi connectivity index (χ0) is 19.9. The van der Waals surface area contributed by atoms with Crippen molar-refractivity contribution in [1.29, 1.82) is 0 Å².